The number of methoxy groups -OCH3 is 1. The van der Waals surface area contributed by atoms with Gasteiger partial charge >= 0.3 is 0 Å². The van der Waals surface area contributed by atoms with Crippen molar-refractivity contribution in [2.75, 3.05) is 25.5 Å². The minimum Gasteiger partial charge on any atom is -0.495 e. The lowest BCUT2D eigenvalue weighted by Crippen LogP contribution is -2.28. The van der Waals surface area contributed by atoms with Gasteiger partial charge < -0.3 is 15.4 Å². The van der Waals surface area contributed by atoms with Crippen molar-refractivity contribution in [3.05, 3.63) is 28.3 Å². The highest BCUT2D eigenvalue weighted by atomic mass is 16.6. The number of hydrogen-bond acceptors (Lipinski definition) is 5. The topological polar surface area (TPSA) is 93.5 Å². The monoisotopic (exact) mass is 281 g/mol. The molecule has 7 nitrogen and oxygen atoms in total. The maximum Gasteiger partial charge on any atom is 0.271 e. The Bertz CT molecular complexity index is 477. The van der Waals surface area contributed by atoms with Gasteiger partial charge in [0.25, 0.3) is 5.69 Å². The highest BCUT2D eigenvalue weighted by Crippen LogP contribution is 2.28. The van der Waals surface area contributed by atoms with Gasteiger partial charge in [0.2, 0.25) is 5.91 Å². The lowest BCUT2D eigenvalue weighted by atomic mass is 10.2. The Kier molecular flexibility index (Phi) is 6.45. The molecule has 0 saturated heterocycles. The first kappa shape index (κ1) is 15.9. The number of nitrogens with one attached hydrogen (secondary N) is 2. The van der Waals surface area contributed by atoms with Gasteiger partial charge in [0.15, 0.2) is 0 Å². The van der Waals surface area contributed by atoms with Gasteiger partial charge in [-0.3, -0.25) is 14.9 Å². The van der Waals surface area contributed by atoms with E-state index in [4.69, 9.17) is 4.74 Å². The molecular formula is C13H19N3O4. The quantitative estimate of drug-likeness (QED) is 0.431. The second-order valence-corrected chi connectivity index (χ2v) is 4.22. The maximum absolute atomic E-state index is 11.7. The van der Waals surface area contributed by atoms with E-state index in [1.54, 1.807) is 0 Å². The zero-order valence-electron chi connectivity index (χ0n) is 11.6. The number of nitro groups is 1. The third-order valence-electron chi connectivity index (χ3n) is 2.66. The van der Waals surface area contributed by atoms with E-state index in [9.17, 15) is 14.9 Å². The Morgan fingerprint density at radius 2 is 2.20 bits per heavy atom. The Labute approximate surface area is 117 Å². The average Bonchev–Trinajstić information content (AvgIpc) is 2.43. The molecule has 0 heterocycles. The molecule has 0 bridgehead atoms. The average molecular weight is 281 g/mol. The summed E-state index contributed by atoms with van der Waals surface area (Å²) in [5, 5.41) is 16.3. The molecule has 0 aliphatic rings. The number of nitro benzene ring substituents is 1. The summed E-state index contributed by atoms with van der Waals surface area (Å²) in [4.78, 5) is 21.9. The molecule has 110 valence electrons. The molecule has 1 amide bonds. The fourth-order valence-electron chi connectivity index (χ4n) is 1.61. The number of carbonyl (C=O) groups is 1. The number of nitrogens with zero attached hydrogens (tertiary/aromatic N) is 1. The molecule has 0 aliphatic carbocycles. The van der Waals surface area contributed by atoms with E-state index in [1.165, 1.54) is 25.3 Å². The van der Waals surface area contributed by atoms with E-state index < -0.39 is 4.92 Å². The number of unbranched alkanes of at least 4 members (excludes halogenated alkanes) is 1. The van der Waals surface area contributed by atoms with Gasteiger partial charge in [0, 0.05) is 12.1 Å². The summed E-state index contributed by atoms with van der Waals surface area (Å²) < 4.78 is 5.07. The van der Waals surface area contributed by atoms with Crippen LogP contribution < -0.4 is 15.4 Å². The van der Waals surface area contributed by atoms with Gasteiger partial charge in [-0.1, -0.05) is 13.3 Å². The molecule has 0 radical (unpaired) electrons. The van der Waals surface area contributed by atoms with Crippen LogP contribution in [0.3, 0.4) is 0 Å². The van der Waals surface area contributed by atoms with Crippen LogP contribution in [0.2, 0.25) is 0 Å². The second-order valence-electron chi connectivity index (χ2n) is 4.22. The molecule has 20 heavy (non-hydrogen) atoms. The number of carbonyl (C=O) groups excluding carboxylic acids is 1. The zero-order chi connectivity index (χ0) is 15.0. The highest BCUT2D eigenvalue weighted by molar-refractivity contribution is 5.94. The van der Waals surface area contributed by atoms with Crippen molar-refractivity contribution < 1.29 is 14.5 Å². The van der Waals surface area contributed by atoms with Crippen LogP contribution in [0.25, 0.3) is 0 Å². The van der Waals surface area contributed by atoms with Crippen molar-refractivity contribution in [1.82, 2.24) is 5.32 Å². The number of hydrogen-bond donors (Lipinski definition) is 2. The number of anilines is 1. The van der Waals surface area contributed by atoms with Crippen LogP contribution in [-0.2, 0) is 4.79 Å². The molecule has 0 saturated carbocycles. The summed E-state index contributed by atoms with van der Waals surface area (Å²) in [7, 11) is 1.44. The summed E-state index contributed by atoms with van der Waals surface area (Å²) in [5.41, 5.74) is 0.198. The fourth-order valence-corrected chi connectivity index (χ4v) is 1.61. The normalized spacial score (nSPS) is 10.1. The third kappa shape index (κ3) is 4.85. The molecule has 1 rings (SSSR count). The first-order valence-corrected chi connectivity index (χ1v) is 6.41. The van der Waals surface area contributed by atoms with Crippen molar-refractivity contribution >= 4 is 17.3 Å². The van der Waals surface area contributed by atoms with Crippen molar-refractivity contribution in [3.8, 4) is 5.75 Å². The second kappa shape index (κ2) is 8.11. The van der Waals surface area contributed by atoms with Gasteiger partial charge in [-0.2, -0.15) is 0 Å². The van der Waals surface area contributed by atoms with E-state index in [1.807, 2.05) is 0 Å². The molecule has 1 aromatic carbocycles. The summed E-state index contributed by atoms with van der Waals surface area (Å²) in [6.07, 6.45) is 2.04. The van der Waals surface area contributed by atoms with E-state index >= 15 is 0 Å². The number of rotatable bonds is 8. The Balaban J connectivity index is 2.67. The minimum absolute atomic E-state index is 0.0972. The van der Waals surface area contributed by atoms with Crippen LogP contribution in [0.1, 0.15) is 19.8 Å². The number of ether oxygens (including phenoxy) is 1. The lowest BCUT2D eigenvalue weighted by Gasteiger charge is -2.10. The number of benzene rings is 1. The molecule has 0 aromatic heterocycles. The number of non-ortho nitro benzene ring substituents is 1. The Morgan fingerprint density at radius 3 is 2.80 bits per heavy atom. The lowest BCUT2D eigenvalue weighted by molar-refractivity contribution is -0.384. The van der Waals surface area contributed by atoms with Crippen LogP contribution >= 0.6 is 0 Å². The van der Waals surface area contributed by atoms with Crippen LogP contribution in [-0.4, -0.2) is 31.0 Å². The van der Waals surface area contributed by atoms with E-state index in [0.717, 1.165) is 19.4 Å². The third-order valence-corrected chi connectivity index (χ3v) is 2.66. The first-order valence-electron chi connectivity index (χ1n) is 6.41. The van der Waals surface area contributed by atoms with Crippen LogP contribution in [0, 0.1) is 10.1 Å². The molecule has 0 spiro atoms. The molecule has 2 N–H and O–H groups in total. The molecule has 0 fully saturated rings. The highest BCUT2D eigenvalue weighted by Gasteiger charge is 2.13. The van der Waals surface area contributed by atoms with Crippen LogP contribution in [0.4, 0.5) is 11.4 Å². The largest absolute Gasteiger partial charge is 0.495 e. The summed E-state index contributed by atoms with van der Waals surface area (Å²) in [6, 6.07) is 4.06. The molecule has 0 unspecified atom stereocenters. The van der Waals surface area contributed by atoms with E-state index in [2.05, 4.69) is 17.6 Å². The SMILES string of the molecule is CCCCNCC(=O)Nc1cc([N+](=O)[O-])ccc1OC. The van der Waals surface area contributed by atoms with Crippen molar-refractivity contribution in [2.24, 2.45) is 0 Å². The maximum atomic E-state index is 11.7. The van der Waals surface area contributed by atoms with Crippen molar-refractivity contribution in [2.45, 2.75) is 19.8 Å². The predicted octanol–water partition coefficient (Wildman–Crippen LogP) is 1.93. The smallest absolute Gasteiger partial charge is 0.271 e. The standard InChI is InChI=1S/C13H19N3O4/c1-3-4-7-14-9-13(17)15-11-8-10(16(18)19)5-6-12(11)20-2/h5-6,8,14H,3-4,7,9H2,1-2H3,(H,15,17). The van der Waals surface area contributed by atoms with Gasteiger partial charge in [-0.15, -0.1) is 0 Å². The van der Waals surface area contributed by atoms with Crippen LogP contribution in [0.5, 0.6) is 5.75 Å². The molecule has 0 atom stereocenters. The Hall–Kier alpha value is -2.15. The Morgan fingerprint density at radius 1 is 1.45 bits per heavy atom. The first-order chi connectivity index (χ1) is 9.58. The molecular weight excluding hydrogens is 262 g/mol. The van der Waals surface area contributed by atoms with Gasteiger partial charge in [0.05, 0.1) is 24.3 Å². The minimum atomic E-state index is -0.519. The fraction of sp³-hybridized carbons (Fsp3) is 0.462. The van der Waals surface area contributed by atoms with Crippen molar-refractivity contribution in [1.29, 1.82) is 0 Å². The number of amides is 1. The zero-order valence-corrected chi connectivity index (χ0v) is 11.6. The molecule has 1 aromatic rings. The summed E-state index contributed by atoms with van der Waals surface area (Å²) >= 11 is 0. The van der Waals surface area contributed by atoms with E-state index in [-0.39, 0.29) is 18.1 Å². The molecule has 7 heteroatoms. The van der Waals surface area contributed by atoms with Gasteiger partial charge in [0.1, 0.15) is 5.75 Å². The predicted molar refractivity (Wildman–Crippen MR) is 76.1 cm³/mol. The van der Waals surface area contributed by atoms with E-state index in [0.29, 0.717) is 11.4 Å². The van der Waals surface area contributed by atoms with Crippen molar-refractivity contribution in [3.63, 3.8) is 0 Å². The van der Waals surface area contributed by atoms with Gasteiger partial charge in [-0.25, -0.2) is 0 Å². The summed E-state index contributed by atoms with van der Waals surface area (Å²) in [6.45, 7) is 2.98. The summed E-state index contributed by atoms with van der Waals surface area (Å²) in [5.74, 6) is 0.123. The van der Waals surface area contributed by atoms with Gasteiger partial charge in [-0.05, 0) is 19.0 Å². The van der Waals surface area contributed by atoms with Crippen LogP contribution in [0.15, 0.2) is 18.2 Å². The molecule has 0 aliphatic heterocycles.